The number of benzene rings is 2. The fraction of sp³-hybridized carbons (Fsp3) is 0.235. The Hall–Kier alpha value is -2.18. The van der Waals surface area contributed by atoms with Crippen LogP contribution < -0.4 is 10.1 Å². The predicted molar refractivity (Wildman–Crippen MR) is 85.7 cm³/mol. The lowest BCUT2D eigenvalue weighted by molar-refractivity contribution is 0.317. The number of nitriles is 1. The summed E-state index contributed by atoms with van der Waals surface area (Å²) in [6.45, 7) is 2.76. The Labute approximate surface area is 130 Å². The van der Waals surface area contributed by atoms with E-state index in [2.05, 4.69) is 18.3 Å². The van der Waals surface area contributed by atoms with Gasteiger partial charge in [-0.05, 0) is 36.2 Å². The number of para-hydroxylation sites is 1. The van der Waals surface area contributed by atoms with Crippen LogP contribution in [0.15, 0.2) is 48.5 Å². The third kappa shape index (κ3) is 4.14. The first kappa shape index (κ1) is 15.2. The van der Waals surface area contributed by atoms with Gasteiger partial charge in [0.1, 0.15) is 11.8 Å². The van der Waals surface area contributed by atoms with Crippen molar-refractivity contribution in [3.8, 4) is 11.8 Å². The van der Waals surface area contributed by atoms with Gasteiger partial charge in [0.15, 0.2) is 0 Å². The molecule has 21 heavy (non-hydrogen) atoms. The van der Waals surface area contributed by atoms with Gasteiger partial charge in [-0.1, -0.05) is 42.8 Å². The molecule has 2 aromatic rings. The summed E-state index contributed by atoms with van der Waals surface area (Å²) in [6, 6.07) is 16.7. The molecule has 1 atom stereocenters. The maximum absolute atomic E-state index is 9.36. The third-order valence-corrected chi connectivity index (χ3v) is 3.32. The Morgan fingerprint density at radius 2 is 1.90 bits per heavy atom. The molecule has 0 aliphatic carbocycles. The zero-order valence-electron chi connectivity index (χ0n) is 11.8. The molecule has 2 aromatic carbocycles. The Balaban J connectivity index is 2.11. The lowest BCUT2D eigenvalue weighted by Crippen LogP contribution is -2.08. The first-order chi connectivity index (χ1) is 10.2. The number of nitrogens with one attached hydrogen (secondary N) is 1. The lowest BCUT2D eigenvalue weighted by atomic mass is 10.1. The SMILES string of the molecule is CCCOc1ccc(C(C#N)Nc2ccccc2Cl)cc1. The summed E-state index contributed by atoms with van der Waals surface area (Å²) in [6.07, 6.45) is 0.969. The van der Waals surface area contributed by atoms with Gasteiger partial charge in [-0.25, -0.2) is 0 Å². The molecule has 108 valence electrons. The Kier molecular flexibility index (Phi) is 5.48. The molecule has 0 saturated carbocycles. The third-order valence-electron chi connectivity index (χ3n) is 2.99. The molecular formula is C17H17ClN2O. The van der Waals surface area contributed by atoms with Crippen LogP contribution in [0.5, 0.6) is 5.75 Å². The van der Waals surface area contributed by atoms with Crippen LogP contribution in [-0.2, 0) is 0 Å². The van der Waals surface area contributed by atoms with Gasteiger partial charge >= 0.3 is 0 Å². The highest BCUT2D eigenvalue weighted by atomic mass is 35.5. The molecule has 1 N–H and O–H groups in total. The monoisotopic (exact) mass is 300 g/mol. The summed E-state index contributed by atoms with van der Waals surface area (Å²) in [5.41, 5.74) is 1.62. The first-order valence-electron chi connectivity index (χ1n) is 6.88. The molecule has 0 aliphatic rings. The van der Waals surface area contributed by atoms with Crippen molar-refractivity contribution in [2.75, 3.05) is 11.9 Å². The van der Waals surface area contributed by atoms with Gasteiger partial charge in [-0.2, -0.15) is 5.26 Å². The van der Waals surface area contributed by atoms with Gasteiger partial charge in [0.2, 0.25) is 0 Å². The van der Waals surface area contributed by atoms with Gasteiger partial charge in [-0.3, -0.25) is 0 Å². The molecule has 0 aromatic heterocycles. The van der Waals surface area contributed by atoms with Gasteiger partial charge in [0, 0.05) is 0 Å². The van der Waals surface area contributed by atoms with Gasteiger partial charge < -0.3 is 10.1 Å². The smallest absolute Gasteiger partial charge is 0.140 e. The van der Waals surface area contributed by atoms with Crippen LogP contribution in [0.3, 0.4) is 0 Å². The Morgan fingerprint density at radius 1 is 1.19 bits per heavy atom. The molecule has 1 unspecified atom stereocenters. The summed E-state index contributed by atoms with van der Waals surface area (Å²) in [5.74, 6) is 0.815. The summed E-state index contributed by atoms with van der Waals surface area (Å²) in [7, 11) is 0. The fourth-order valence-electron chi connectivity index (χ4n) is 1.90. The molecule has 2 rings (SSSR count). The lowest BCUT2D eigenvalue weighted by Gasteiger charge is -2.15. The maximum Gasteiger partial charge on any atom is 0.140 e. The highest BCUT2D eigenvalue weighted by molar-refractivity contribution is 6.33. The standard InChI is InChI=1S/C17H17ClN2O/c1-2-11-21-14-9-7-13(8-10-14)17(12-19)20-16-6-4-3-5-15(16)18/h3-10,17,20H,2,11H2,1H3. The van der Waals surface area contributed by atoms with Crippen LogP contribution in [0, 0.1) is 11.3 Å². The van der Waals surface area contributed by atoms with Crippen molar-refractivity contribution in [1.29, 1.82) is 5.26 Å². The largest absolute Gasteiger partial charge is 0.494 e. The zero-order chi connectivity index (χ0) is 15.1. The number of rotatable bonds is 6. The molecule has 0 radical (unpaired) electrons. The Bertz CT molecular complexity index is 619. The van der Waals surface area contributed by atoms with E-state index in [4.69, 9.17) is 16.3 Å². The zero-order valence-corrected chi connectivity index (χ0v) is 12.6. The van der Waals surface area contributed by atoms with Crippen molar-refractivity contribution in [3.05, 3.63) is 59.1 Å². The van der Waals surface area contributed by atoms with E-state index in [0.29, 0.717) is 11.6 Å². The molecule has 0 spiro atoms. The number of halogens is 1. The fourth-order valence-corrected chi connectivity index (χ4v) is 2.09. The van der Waals surface area contributed by atoms with E-state index in [1.807, 2.05) is 42.5 Å². The van der Waals surface area contributed by atoms with Gasteiger partial charge in [-0.15, -0.1) is 0 Å². The second-order valence-corrected chi connectivity index (χ2v) is 5.01. The van der Waals surface area contributed by atoms with Crippen LogP contribution in [-0.4, -0.2) is 6.61 Å². The maximum atomic E-state index is 9.36. The molecule has 0 aliphatic heterocycles. The molecule has 0 bridgehead atoms. The van der Waals surface area contributed by atoms with Crippen LogP contribution in [0.4, 0.5) is 5.69 Å². The predicted octanol–water partition coefficient (Wildman–Crippen LogP) is 4.81. The normalized spacial score (nSPS) is 11.5. The Morgan fingerprint density at radius 3 is 2.52 bits per heavy atom. The minimum atomic E-state index is -0.454. The number of hydrogen-bond acceptors (Lipinski definition) is 3. The van der Waals surface area contributed by atoms with Crippen LogP contribution in [0.1, 0.15) is 24.9 Å². The topological polar surface area (TPSA) is 45.0 Å². The second kappa shape index (κ2) is 7.56. The second-order valence-electron chi connectivity index (χ2n) is 4.60. The quantitative estimate of drug-likeness (QED) is 0.833. The summed E-state index contributed by atoms with van der Waals surface area (Å²) in [5, 5.41) is 13.1. The van der Waals surface area contributed by atoms with Crippen LogP contribution in [0.2, 0.25) is 5.02 Å². The number of nitrogens with zero attached hydrogens (tertiary/aromatic N) is 1. The van der Waals surface area contributed by atoms with Crippen molar-refractivity contribution in [2.24, 2.45) is 0 Å². The van der Waals surface area contributed by atoms with Gasteiger partial charge in [0.05, 0.1) is 23.4 Å². The van der Waals surface area contributed by atoms with Crippen molar-refractivity contribution in [1.82, 2.24) is 0 Å². The van der Waals surface area contributed by atoms with E-state index in [1.165, 1.54) is 0 Å². The van der Waals surface area contributed by atoms with Crippen molar-refractivity contribution in [3.63, 3.8) is 0 Å². The van der Waals surface area contributed by atoms with Crippen LogP contribution in [0.25, 0.3) is 0 Å². The summed E-state index contributed by atoms with van der Waals surface area (Å²) < 4.78 is 5.54. The number of hydrogen-bond donors (Lipinski definition) is 1. The van der Waals surface area contributed by atoms with Crippen molar-refractivity contribution < 1.29 is 4.74 Å². The molecule has 0 fully saturated rings. The average molecular weight is 301 g/mol. The summed E-state index contributed by atoms with van der Waals surface area (Å²) >= 11 is 6.10. The van der Waals surface area contributed by atoms with Crippen molar-refractivity contribution in [2.45, 2.75) is 19.4 Å². The highest BCUT2D eigenvalue weighted by Crippen LogP contribution is 2.26. The van der Waals surface area contributed by atoms with E-state index >= 15 is 0 Å². The summed E-state index contributed by atoms with van der Waals surface area (Å²) in [4.78, 5) is 0. The molecule has 0 heterocycles. The van der Waals surface area contributed by atoms with E-state index in [-0.39, 0.29) is 0 Å². The highest BCUT2D eigenvalue weighted by Gasteiger charge is 2.11. The molecular weight excluding hydrogens is 284 g/mol. The van der Waals surface area contributed by atoms with Crippen LogP contribution >= 0.6 is 11.6 Å². The number of ether oxygens (including phenoxy) is 1. The first-order valence-corrected chi connectivity index (χ1v) is 7.26. The minimum Gasteiger partial charge on any atom is -0.494 e. The molecule has 0 amide bonds. The number of anilines is 1. The molecule has 0 saturated heterocycles. The van der Waals surface area contributed by atoms with Crippen molar-refractivity contribution >= 4 is 17.3 Å². The molecule has 4 heteroatoms. The van der Waals surface area contributed by atoms with E-state index < -0.39 is 6.04 Å². The van der Waals surface area contributed by atoms with Gasteiger partial charge in [0.25, 0.3) is 0 Å². The average Bonchev–Trinajstić information content (AvgIpc) is 2.53. The van der Waals surface area contributed by atoms with E-state index in [9.17, 15) is 5.26 Å². The molecule has 3 nitrogen and oxygen atoms in total. The minimum absolute atomic E-state index is 0.454. The van der Waals surface area contributed by atoms with E-state index in [0.717, 1.165) is 23.4 Å². The van der Waals surface area contributed by atoms with E-state index in [1.54, 1.807) is 6.07 Å².